The van der Waals surface area contributed by atoms with Crippen molar-refractivity contribution in [1.82, 2.24) is 15.2 Å². The van der Waals surface area contributed by atoms with Gasteiger partial charge in [-0.25, -0.2) is 0 Å². The molecule has 1 aromatic carbocycles. The van der Waals surface area contributed by atoms with E-state index in [2.05, 4.69) is 10.3 Å². The fraction of sp³-hybridized carbons (Fsp3) is 0.214. The lowest BCUT2D eigenvalue weighted by Crippen LogP contribution is -2.58. The molecule has 1 aromatic heterocycles. The van der Waals surface area contributed by atoms with E-state index in [1.54, 1.807) is 31.3 Å². The number of hydrogen-bond donors (Lipinski definition) is 2. The van der Waals surface area contributed by atoms with E-state index in [9.17, 15) is 14.4 Å². The third-order valence-corrected chi connectivity index (χ3v) is 3.48. The van der Waals surface area contributed by atoms with Crippen molar-refractivity contribution in [3.8, 4) is 0 Å². The van der Waals surface area contributed by atoms with E-state index in [-0.39, 0.29) is 12.5 Å². The molecule has 0 saturated carbocycles. The van der Waals surface area contributed by atoms with Gasteiger partial charge in [0.15, 0.2) is 0 Å². The lowest BCUT2D eigenvalue weighted by atomic mass is 10.1. The highest BCUT2D eigenvalue weighted by molar-refractivity contribution is 6.07. The van der Waals surface area contributed by atoms with Crippen LogP contribution in [0.25, 0.3) is 10.9 Å². The number of aromatic amines is 1. The molecular formula is C14H13N3O3. The van der Waals surface area contributed by atoms with Crippen LogP contribution in [0.5, 0.6) is 0 Å². The van der Waals surface area contributed by atoms with Crippen molar-refractivity contribution in [2.75, 3.05) is 6.54 Å². The van der Waals surface area contributed by atoms with E-state index < -0.39 is 17.9 Å². The Morgan fingerprint density at radius 1 is 1.30 bits per heavy atom. The van der Waals surface area contributed by atoms with Crippen LogP contribution in [0.2, 0.25) is 0 Å². The Morgan fingerprint density at radius 3 is 2.90 bits per heavy atom. The molecule has 6 heteroatoms. The SMILES string of the molecule is CC1C(=O)NC(=O)CN1C(=O)c1ccc2[nH]ccc2c1. The summed E-state index contributed by atoms with van der Waals surface area (Å²) >= 11 is 0. The molecule has 0 aliphatic carbocycles. The van der Waals surface area contributed by atoms with E-state index in [4.69, 9.17) is 0 Å². The van der Waals surface area contributed by atoms with Gasteiger partial charge < -0.3 is 9.88 Å². The largest absolute Gasteiger partial charge is 0.361 e. The number of carbonyl (C=O) groups excluding carboxylic acids is 3. The van der Waals surface area contributed by atoms with Crippen LogP contribution in [-0.4, -0.2) is 40.2 Å². The first-order chi connectivity index (χ1) is 9.56. The van der Waals surface area contributed by atoms with Crippen molar-refractivity contribution in [3.63, 3.8) is 0 Å². The molecule has 1 atom stereocenters. The van der Waals surface area contributed by atoms with Crippen molar-refractivity contribution in [3.05, 3.63) is 36.0 Å². The molecule has 0 bridgehead atoms. The van der Waals surface area contributed by atoms with Gasteiger partial charge in [-0.2, -0.15) is 0 Å². The Balaban J connectivity index is 1.94. The van der Waals surface area contributed by atoms with Crippen LogP contribution in [0.4, 0.5) is 0 Å². The van der Waals surface area contributed by atoms with Gasteiger partial charge in [0, 0.05) is 22.7 Å². The Kier molecular flexibility index (Phi) is 2.78. The minimum atomic E-state index is -0.651. The van der Waals surface area contributed by atoms with Gasteiger partial charge in [-0.3, -0.25) is 19.7 Å². The highest BCUT2D eigenvalue weighted by atomic mass is 16.2. The van der Waals surface area contributed by atoms with E-state index in [1.807, 2.05) is 6.07 Å². The molecule has 1 unspecified atom stereocenters. The number of amides is 3. The average Bonchev–Trinajstić information content (AvgIpc) is 2.89. The fourth-order valence-corrected chi connectivity index (χ4v) is 2.31. The maximum atomic E-state index is 12.5. The van der Waals surface area contributed by atoms with Crippen molar-refractivity contribution < 1.29 is 14.4 Å². The van der Waals surface area contributed by atoms with Crippen LogP contribution in [-0.2, 0) is 9.59 Å². The second-order valence-corrected chi connectivity index (χ2v) is 4.80. The summed E-state index contributed by atoms with van der Waals surface area (Å²) in [6.45, 7) is 1.51. The van der Waals surface area contributed by atoms with E-state index >= 15 is 0 Å². The first-order valence-electron chi connectivity index (χ1n) is 6.28. The zero-order chi connectivity index (χ0) is 14.3. The summed E-state index contributed by atoms with van der Waals surface area (Å²) in [4.78, 5) is 39.8. The molecule has 1 saturated heterocycles. The summed E-state index contributed by atoms with van der Waals surface area (Å²) in [5, 5.41) is 3.13. The first kappa shape index (κ1) is 12.4. The number of fused-ring (bicyclic) bond motifs is 1. The highest BCUT2D eigenvalue weighted by Gasteiger charge is 2.33. The Labute approximate surface area is 114 Å². The Hall–Kier alpha value is -2.63. The fourth-order valence-electron chi connectivity index (χ4n) is 2.31. The lowest BCUT2D eigenvalue weighted by molar-refractivity contribution is -0.138. The number of nitrogens with zero attached hydrogens (tertiary/aromatic N) is 1. The first-order valence-corrected chi connectivity index (χ1v) is 6.28. The molecule has 2 N–H and O–H groups in total. The second kappa shape index (κ2) is 4.48. The third-order valence-electron chi connectivity index (χ3n) is 3.48. The lowest BCUT2D eigenvalue weighted by Gasteiger charge is -2.31. The van der Waals surface area contributed by atoms with Crippen LogP contribution in [0.1, 0.15) is 17.3 Å². The molecule has 1 aliphatic heterocycles. The molecule has 1 fully saturated rings. The number of hydrogen-bond acceptors (Lipinski definition) is 3. The van der Waals surface area contributed by atoms with Crippen molar-refractivity contribution in [1.29, 1.82) is 0 Å². The Morgan fingerprint density at radius 2 is 2.10 bits per heavy atom. The number of carbonyl (C=O) groups is 3. The molecule has 0 radical (unpaired) electrons. The number of imide groups is 1. The Bertz CT molecular complexity index is 719. The van der Waals surface area contributed by atoms with Crippen LogP contribution in [0.15, 0.2) is 30.5 Å². The number of benzene rings is 1. The minimum Gasteiger partial charge on any atom is -0.361 e. The number of rotatable bonds is 1. The van der Waals surface area contributed by atoms with Gasteiger partial charge in [0.25, 0.3) is 5.91 Å². The molecular weight excluding hydrogens is 258 g/mol. The zero-order valence-electron chi connectivity index (χ0n) is 10.8. The molecule has 20 heavy (non-hydrogen) atoms. The van der Waals surface area contributed by atoms with Crippen molar-refractivity contribution in [2.45, 2.75) is 13.0 Å². The minimum absolute atomic E-state index is 0.100. The molecule has 2 aromatic rings. The molecule has 3 rings (SSSR count). The summed E-state index contributed by atoms with van der Waals surface area (Å²) in [6, 6.07) is 6.45. The summed E-state index contributed by atoms with van der Waals surface area (Å²) in [5.74, 6) is -1.22. The molecule has 1 aliphatic rings. The maximum Gasteiger partial charge on any atom is 0.255 e. The van der Waals surface area contributed by atoms with Gasteiger partial charge in [0.05, 0.1) is 0 Å². The van der Waals surface area contributed by atoms with Gasteiger partial charge in [0.2, 0.25) is 11.8 Å². The van der Waals surface area contributed by atoms with Gasteiger partial charge in [0.1, 0.15) is 12.6 Å². The topological polar surface area (TPSA) is 82.3 Å². The maximum absolute atomic E-state index is 12.5. The number of piperazine rings is 1. The van der Waals surface area contributed by atoms with Crippen molar-refractivity contribution in [2.24, 2.45) is 0 Å². The summed E-state index contributed by atoms with van der Waals surface area (Å²) in [5.41, 5.74) is 1.40. The molecule has 0 spiro atoms. The van der Waals surface area contributed by atoms with Gasteiger partial charge >= 0.3 is 0 Å². The standard InChI is InChI=1S/C14H13N3O3/c1-8-13(19)16-12(18)7-17(8)14(20)10-2-3-11-9(6-10)4-5-15-11/h2-6,8,15H,7H2,1H3,(H,16,18,19). The van der Waals surface area contributed by atoms with Crippen LogP contribution < -0.4 is 5.32 Å². The van der Waals surface area contributed by atoms with E-state index in [0.717, 1.165) is 10.9 Å². The second-order valence-electron chi connectivity index (χ2n) is 4.80. The zero-order valence-corrected chi connectivity index (χ0v) is 10.8. The van der Waals surface area contributed by atoms with Crippen molar-refractivity contribution >= 4 is 28.6 Å². The average molecular weight is 271 g/mol. The molecule has 2 heterocycles. The van der Waals surface area contributed by atoms with Gasteiger partial charge in [-0.05, 0) is 31.2 Å². The van der Waals surface area contributed by atoms with Gasteiger partial charge in [-0.1, -0.05) is 0 Å². The number of H-pyrrole nitrogens is 1. The summed E-state index contributed by atoms with van der Waals surface area (Å²) in [6.07, 6.45) is 1.79. The highest BCUT2D eigenvalue weighted by Crippen LogP contribution is 2.17. The molecule has 6 nitrogen and oxygen atoms in total. The number of nitrogens with one attached hydrogen (secondary N) is 2. The summed E-state index contributed by atoms with van der Waals surface area (Å²) in [7, 11) is 0. The van der Waals surface area contributed by atoms with Gasteiger partial charge in [-0.15, -0.1) is 0 Å². The van der Waals surface area contributed by atoms with E-state index in [0.29, 0.717) is 5.56 Å². The van der Waals surface area contributed by atoms with Crippen LogP contribution in [0.3, 0.4) is 0 Å². The predicted molar refractivity (Wildman–Crippen MR) is 71.9 cm³/mol. The monoisotopic (exact) mass is 271 g/mol. The third kappa shape index (κ3) is 1.95. The predicted octanol–water partition coefficient (Wildman–Crippen LogP) is 0.655. The quantitative estimate of drug-likeness (QED) is 0.747. The summed E-state index contributed by atoms with van der Waals surface area (Å²) < 4.78 is 0. The van der Waals surface area contributed by atoms with Crippen LogP contribution >= 0.6 is 0 Å². The smallest absolute Gasteiger partial charge is 0.255 e. The van der Waals surface area contributed by atoms with E-state index in [1.165, 1.54) is 4.90 Å². The molecule has 102 valence electrons. The normalized spacial score (nSPS) is 19.2. The number of aromatic nitrogens is 1. The van der Waals surface area contributed by atoms with Crippen LogP contribution in [0, 0.1) is 0 Å². The molecule has 3 amide bonds.